The van der Waals surface area contributed by atoms with E-state index in [4.69, 9.17) is 4.74 Å². The molecule has 0 aliphatic heterocycles. The lowest BCUT2D eigenvalue weighted by Crippen LogP contribution is -2.57. The van der Waals surface area contributed by atoms with Gasteiger partial charge in [0, 0.05) is 11.8 Å². The maximum atomic E-state index is 12.3. The van der Waals surface area contributed by atoms with Crippen LogP contribution in [0.5, 0.6) is 0 Å². The summed E-state index contributed by atoms with van der Waals surface area (Å²) < 4.78 is 5.93. The van der Waals surface area contributed by atoms with Crippen molar-refractivity contribution in [3.8, 4) is 0 Å². The number of ether oxygens (including phenoxy) is 1. The number of carbonyl (C=O) groups excluding carboxylic acids is 2. The van der Waals surface area contributed by atoms with Crippen molar-refractivity contribution >= 4 is 11.8 Å². The Bertz CT molecular complexity index is 494. The monoisotopic (exact) mass is 318 g/mol. The van der Waals surface area contributed by atoms with Crippen LogP contribution < -0.4 is 0 Å². The van der Waals surface area contributed by atoms with Gasteiger partial charge in [0.2, 0.25) is 0 Å². The van der Waals surface area contributed by atoms with Crippen molar-refractivity contribution in [1.29, 1.82) is 0 Å². The van der Waals surface area contributed by atoms with E-state index in [2.05, 4.69) is 20.4 Å². The Kier molecular flexibility index (Phi) is 4.18. The van der Waals surface area contributed by atoms with Gasteiger partial charge in [0.25, 0.3) is 0 Å². The number of esters is 1. The summed E-state index contributed by atoms with van der Waals surface area (Å²) in [6, 6.07) is 0. The van der Waals surface area contributed by atoms with Gasteiger partial charge in [-0.2, -0.15) is 0 Å². The SMILES string of the molecule is C=C(C)C(=O)CCC(=O)OC(C)(C)C12CC3CC(CC(C3)C1)C2. The van der Waals surface area contributed by atoms with Gasteiger partial charge in [0.15, 0.2) is 5.78 Å². The molecule has 0 spiro atoms. The average Bonchev–Trinajstić information content (AvgIpc) is 2.42. The quantitative estimate of drug-likeness (QED) is 0.537. The fraction of sp³-hybridized carbons (Fsp3) is 0.800. The molecule has 0 aromatic rings. The van der Waals surface area contributed by atoms with Crippen LogP contribution in [0.4, 0.5) is 0 Å². The Hall–Kier alpha value is -1.12. The standard InChI is InChI=1S/C20H30O3/c1-13(2)17(21)5-6-18(22)23-19(3,4)20-10-14-7-15(11-20)9-16(8-14)12-20/h14-16H,1,5-12H2,2-4H3. The average molecular weight is 318 g/mol. The largest absolute Gasteiger partial charge is 0.459 e. The van der Waals surface area contributed by atoms with Crippen molar-refractivity contribution in [2.24, 2.45) is 23.2 Å². The van der Waals surface area contributed by atoms with Crippen LogP contribution >= 0.6 is 0 Å². The fourth-order valence-corrected chi connectivity index (χ4v) is 5.72. The summed E-state index contributed by atoms with van der Waals surface area (Å²) >= 11 is 0. The first-order valence-electron chi connectivity index (χ1n) is 9.11. The highest BCUT2D eigenvalue weighted by Crippen LogP contribution is 2.64. The Labute approximate surface area is 139 Å². The van der Waals surface area contributed by atoms with Gasteiger partial charge in [0.05, 0.1) is 6.42 Å². The molecule has 4 bridgehead atoms. The smallest absolute Gasteiger partial charge is 0.306 e. The molecule has 0 aromatic heterocycles. The number of hydrogen-bond acceptors (Lipinski definition) is 3. The molecule has 3 nitrogen and oxygen atoms in total. The van der Waals surface area contributed by atoms with Crippen molar-refractivity contribution in [1.82, 2.24) is 0 Å². The van der Waals surface area contributed by atoms with Gasteiger partial charge < -0.3 is 4.74 Å². The zero-order valence-corrected chi connectivity index (χ0v) is 14.8. The fourth-order valence-electron chi connectivity index (χ4n) is 5.72. The molecule has 4 fully saturated rings. The molecule has 4 rings (SSSR count). The predicted octanol–water partition coefficient (Wildman–Crippen LogP) is 4.45. The normalized spacial score (nSPS) is 35.2. The Morgan fingerprint density at radius 3 is 1.96 bits per heavy atom. The first kappa shape index (κ1) is 16.7. The zero-order chi connectivity index (χ0) is 16.8. The van der Waals surface area contributed by atoms with E-state index in [0.717, 1.165) is 17.8 Å². The Morgan fingerprint density at radius 1 is 1.04 bits per heavy atom. The molecule has 0 N–H and O–H groups in total. The third kappa shape index (κ3) is 3.12. The topological polar surface area (TPSA) is 43.4 Å². The van der Waals surface area contributed by atoms with Crippen LogP contribution in [0, 0.1) is 23.2 Å². The molecule has 23 heavy (non-hydrogen) atoms. The number of hydrogen-bond donors (Lipinski definition) is 0. The van der Waals surface area contributed by atoms with E-state index < -0.39 is 5.60 Å². The van der Waals surface area contributed by atoms with Crippen LogP contribution in [0.25, 0.3) is 0 Å². The molecule has 4 aliphatic rings. The van der Waals surface area contributed by atoms with Crippen molar-refractivity contribution in [2.75, 3.05) is 0 Å². The molecule has 0 unspecified atom stereocenters. The maximum absolute atomic E-state index is 12.3. The minimum atomic E-state index is -0.424. The van der Waals surface area contributed by atoms with Gasteiger partial charge in [-0.25, -0.2) is 0 Å². The van der Waals surface area contributed by atoms with E-state index in [1.165, 1.54) is 38.5 Å². The minimum Gasteiger partial charge on any atom is -0.459 e. The van der Waals surface area contributed by atoms with Crippen molar-refractivity contribution in [3.05, 3.63) is 12.2 Å². The summed E-state index contributed by atoms with van der Waals surface area (Å²) in [5.74, 6) is 2.23. The van der Waals surface area contributed by atoms with E-state index in [1.807, 2.05) is 0 Å². The summed E-state index contributed by atoms with van der Waals surface area (Å²) in [4.78, 5) is 23.9. The van der Waals surface area contributed by atoms with Crippen LogP contribution in [0.2, 0.25) is 0 Å². The van der Waals surface area contributed by atoms with Gasteiger partial charge in [-0.15, -0.1) is 0 Å². The van der Waals surface area contributed by atoms with Crippen LogP contribution in [-0.4, -0.2) is 17.4 Å². The Morgan fingerprint density at radius 2 is 1.52 bits per heavy atom. The number of allylic oxidation sites excluding steroid dienone is 1. The van der Waals surface area contributed by atoms with Crippen LogP contribution in [0.15, 0.2) is 12.2 Å². The van der Waals surface area contributed by atoms with E-state index in [-0.39, 0.29) is 30.0 Å². The molecule has 4 saturated carbocycles. The summed E-state index contributed by atoms with van der Waals surface area (Å²) in [7, 11) is 0. The predicted molar refractivity (Wildman–Crippen MR) is 89.8 cm³/mol. The lowest BCUT2D eigenvalue weighted by molar-refractivity contribution is -0.198. The minimum absolute atomic E-state index is 0.0467. The summed E-state index contributed by atoms with van der Waals surface area (Å²) in [5.41, 5.74) is 0.250. The highest BCUT2D eigenvalue weighted by molar-refractivity contribution is 5.95. The second-order valence-corrected chi connectivity index (χ2v) is 8.89. The molecular formula is C20H30O3. The van der Waals surface area contributed by atoms with Crippen molar-refractivity contribution < 1.29 is 14.3 Å². The molecule has 0 atom stereocenters. The molecule has 0 saturated heterocycles. The first-order valence-corrected chi connectivity index (χ1v) is 9.11. The third-order valence-corrected chi connectivity index (χ3v) is 6.72. The third-order valence-electron chi connectivity index (χ3n) is 6.72. The summed E-state index contributed by atoms with van der Waals surface area (Å²) in [6.07, 6.45) is 8.17. The van der Waals surface area contributed by atoms with Crippen LogP contribution in [-0.2, 0) is 14.3 Å². The highest BCUT2D eigenvalue weighted by Gasteiger charge is 2.58. The van der Waals surface area contributed by atoms with Gasteiger partial charge in [-0.3, -0.25) is 9.59 Å². The first-order chi connectivity index (χ1) is 10.7. The molecule has 0 heterocycles. The molecule has 3 heteroatoms. The molecule has 128 valence electrons. The Balaban J connectivity index is 1.63. The van der Waals surface area contributed by atoms with Gasteiger partial charge >= 0.3 is 5.97 Å². The number of carbonyl (C=O) groups is 2. The molecule has 0 radical (unpaired) electrons. The maximum Gasteiger partial charge on any atom is 0.306 e. The van der Waals surface area contributed by atoms with Crippen LogP contribution in [0.3, 0.4) is 0 Å². The second-order valence-electron chi connectivity index (χ2n) is 8.89. The lowest BCUT2D eigenvalue weighted by Gasteiger charge is -2.61. The van der Waals surface area contributed by atoms with Gasteiger partial charge in [-0.05, 0) is 82.6 Å². The number of Topliss-reactive ketones (excluding diaryl/α,β-unsaturated/α-hetero) is 1. The van der Waals surface area contributed by atoms with Crippen molar-refractivity contribution in [3.63, 3.8) is 0 Å². The summed E-state index contributed by atoms with van der Waals surface area (Å²) in [5, 5.41) is 0. The van der Waals surface area contributed by atoms with E-state index in [9.17, 15) is 9.59 Å². The zero-order valence-electron chi connectivity index (χ0n) is 14.8. The second kappa shape index (κ2) is 5.75. The van der Waals surface area contributed by atoms with Crippen LogP contribution in [0.1, 0.15) is 72.1 Å². The highest BCUT2D eigenvalue weighted by atomic mass is 16.6. The summed E-state index contributed by atoms with van der Waals surface area (Å²) in [6.45, 7) is 9.51. The number of rotatable bonds is 6. The van der Waals surface area contributed by atoms with Gasteiger partial charge in [-0.1, -0.05) is 6.58 Å². The molecular weight excluding hydrogens is 288 g/mol. The van der Waals surface area contributed by atoms with E-state index in [0.29, 0.717) is 5.57 Å². The molecule has 4 aliphatic carbocycles. The lowest BCUT2D eigenvalue weighted by atomic mass is 9.46. The molecule has 0 aromatic carbocycles. The van der Waals surface area contributed by atoms with Crippen molar-refractivity contribution in [2.45, 2.75) is 77.7 Å². The number of ketones is 1. The van der Waals surface area contributed by atoms with E-state index >= 15 is 0 Å². The van der Waals surface area contributed by atoms with Gasteiger partial charge in [0.1, 0.15) is 5.60 Å². The van der Waals surface area contributed by atoms with E-state index in [1.54, 1.807) is 6.92 Å². The molecule has 0 amide bonds.